The number of hydrogen-bond acceptors (Lipinski definition) is 6. The first-order valence-electron chi connectivity index (χ1n) is 8.58. The van der Waals surface area contributed by atoms with Crippen LogP contribution in [0, 0.1) is 13.8 Å². The van der Waals surface area contributed by atoms with E-state index in [0.29, 0.717) is 11.3 Å². The molecule has 0 atom stereocenters. The first-order valence-corrected chi connectivity index (χ1v) is 10.9. The highest BCUT2D eigenvalue weighted by atomic mass is 32.2. The smallest absolute Gasteiger partial charge is 0.262 e. The molecular weight excluding hydrogens is 412 g/mol. The minimum Gasteiger partial charge on any atom is -0.506 e. The summed E-state index contributed by atoms with van der Waals surface area (Å²) in [7, 11) is -2.54. The molecule has 0 aliphatic rings. The molecule has 1 amide bonds. The Morgan fingerprint density at radius 2 is 1.79 bits per heavy atom. The standard InChI is InChI=1S/C20H20N2O5S2/c1-12-10-15(13(2)28-12)20(24)21-17-11-14(8-9-18(17)23)29(25,26)22-16-6-4-5-7-19(16)27-3/h4-11,22-23H,1-3H3,(H,21,24). The number of rotatable bonds is 6. The molecule has 0 unspecified atom stereocenters. The summed E-state index contributed by atoms with van der Waals surface area (Å²) >= 11 is 1.48. The van der Waals surface area contributed by atoms with Crippen molar-refractivity contribution in [3.63, 3.8) is 0 Å². The minimum absolute atomic E-state index is 0.00107. The number of thiophene rings is 1. The van der Waals surface area contributed by atoms with Gasteiger partial charge in [-0.25, -0.2) is 8.42 Å². The van der Waals surface area contributed by atoms with Gasteiger partial charge in [-0.05, 0) is 50.2 Å². The van der Waals surface area contributed by atoms with E-state index in [1.165, 1.54) is 36.6 Å². The van der Waals surface area contributed by atoms with Crippen molar-refractivity contribution < 1.29 is 23.1 Å². The van der Waals surface area contributed by atoms with Gasteiger partial charge in [-0.1, -0.05) is 12.1 Å². The van der Waals surface area contributed by atoms with E-state index in [1.54, 1.807) is 30.3 Å². The van der Waals surface area contributed by atoms with Crippen molar-refractivity contribution in [1.82, 2.24) is 0 Å². The molecule has 0 saturated carbocycles. The molecule has 0 fully saturated rings. The van der Waals surface area contributed by atoms with Crippen LogP contribution in [-0.2, 0) is 10.0 Å². The maximum absolute atomic E-state index is 12.8. The van der Waals surface area contributed by atoms with E-state index in [4.69, 9.17) is 4.74 Å². The number of carbonyl (C=O) groups excluding carboxylic acids is 1. The molecule has 0 aliphatic carbocycles. The highest BCUT2D eigenvalue weighted by molar-refractivity contribution is 7.92. The van der Waals surface area contributed by atoms with Crippen LogP contribution in [0.1, 0.15) is 20.1 Å². The second-order valence-corrected chi connectivity index (χ2v) is 9.41. The number of aryl methyl sites for hydroxylation is 2. The summed E-state index contributed by atoms with van der Waals surface area (Å²) in [5.74, 6) is -0.291. The number of ether oxygens (including phenoxy) is 1. The van der Waals surface area contributed by atoms with Gasteiger partial charge in [0.2, 0.25) is 0 Å². The van der Waals surface area contributed by atoms with Crippen LogP contribution < -0.4 is 14.8 Å². The summed E-state index contributed by atoms with van der Waals surface area (Å²) in [6, 6.07) is 12.0. The Kier molecular flexibility index (Phi) is 5.81. The fourth-order valence-electron chi connectivity index (χ4n) is 2.76. The maximum atomic E-state index is 12.8. The number of phenolic OH excluding ortho intramolecular Hbond substituents is 1. The zero-order valence-electron chi connectivity index (χ0n) is 16.0. The third-order valence-corrected chi connectivity index (χ3v) is 6.49. The second kappa shape index (κ2) is 8.14. The van der Waals surface area contributed by atoms with Gasteiger partial charge in [-0.3, -0.25) is 9.52 Å². The number of phenols is 1. The number of amides is 1. The molecule has 0 saturated heterocycles. The summed E-state index contributed by atoms with van der Waals surface area (Å²) < 4.78 is 33.2. The molecule has 1 heterocycles. The van der Waals surface area contributed by atoms with Crippen molar-refractivity contribution in [2.75, 3.05) is 17.1 Å². The molecule has 0 spiro atoms. The normalized spacial score (nSPS) is 11.1. The Morgan fingerprint density at radius 3 is 2.45 bits per heavy atom. The molecule has 7 nitrogen and oxygen atoms in total. The Labute approximate surface area is 173 Å². The van der Waals surface area contributed by atoms with E-state index in [1.807, 2.05) is 13.8 Å². The number of sulfonamides is 1. The highest BCUT2D eigenvalue weighted by Crippen LogP contribution is 2.31. The van der Waals surface area contributed by atoms with E-state index in [2.05, 4.69) is 10.0 Å². The number of para-hydroxylation sites is 2. The molecule has 0 bridgehead atoms. The molecule has 1 aromatic heterocycles. The van der Waals surface area contributed by atoms with E-state index >= 15 is 0 Å². The fourth-order valence-corrected chi connectivity index (χ4v) is 4.78. The lowest BCUT2D eigenvalue weighted by atomic mass is 10.2. The number of aromatic hydroxyl groups is 1. The van der Waals surface area contributed by atoms with Crippen LogP contribution in [0.4, 0.5) is 11.4 Å². The quantitative estimate of drug-likeness (QED) is 0.508. The van der Waals surface area contributed by atoms with Crippen LogP contribution in [-0.4, -0.2) is 26.5 Å². The first kappa shape index (κ1) is 20.7. The lowest BCUT2D eigenvalue weighted by molar-refractivity contribution is 0.102. The molecule has 0 aliphatic heterocycles. The third kappa shape index (κ3) is 4.52. The summed E-state index contributed by atoms with van der Waals surface area (Å²) in [4.78, 5) is 14.2. The number of hydrogen-bond donors (Lipinski definition) is 3. The molecule has 0 radical (unpaired) electrons. The largest absolute Gasteiger partial charge is 0.506 e. The number of nitrogens with one attached hydrogen (secondary N) is 2. The summed E-state index contributed by atoms with van der Waals surface area (Å²) in [5.41, 5.74) is 0.756. The van der Waals surface area contributed by atoms with Crippen LogP contribution in [0.5, 0.6) is 11.5 Å². The Bertz CT molecular complexity index is 1170. The van der Waals surface area contributed by atoms with Crippen molar-refractivity contribution >= 4 is 38.6 Å². The number of carbonyl (C=O) groups is 1. The van der Waals surface area contributed by atoms with Crippen molar-refractivity contribution in [2.24, 2.45) is 0 Å². The van der Waals surface area contributed by atoms with E-state index in [9.17, 15) is 18.3 Å². The molecule has 3 rings (SSSR count). The zero-order valence-corrected chi connectivity index (χ0v) is 17.6. The van der Waals surface area contributed by atoms with Gasteiger partial charge in [0.15, 0.2) is 0 Å². The van der Waals surface area contributed by atoms with E-state index < -0.39 is 15.9 Å². The highest BCUT2D eigenvalue weighted by Gasteiger charge is 2.20. The molecule has 29 heavy (non-hydrogen) atoms. The van der Waals surface area contributed by atoms with Crippen molar-refractivity contribution in [1.29, 1.82) is 0 Å². The first-order chi connectivity index (χ1) is 13.7. The number of benzene rings is 2. The van der Waals surface area contributed by atoms with Gasteiger partial charge in [-0.15, -0.1) is 11.3 Å². The summed E-state index contributed by atoms with van der Waals surface area (Å²) in [6.07, 6.45) is 0. The monoisotopic (exact) mass is 432 g/mol. The summed E-state index contributed by atoms with van der Waals surface area (Å²) in [6.45, 7) is 3.72. The molecule has 3 N–H and O–H groups in total. The van der Waals surface area contributed by atoms with Crippen LogP contribution in [0.3, 0.4) is 0 Å². The van der Waals surface area contributed by atoms with Crippen LogP contribution in [0.2, 0.25) is 0 Å². The Balaban J connectivity index is 1.89. The van der Waals surface area contributed by atoms with Crippen LogP contribution >= 0.6 is 11.3 Å². The number of anilines is 2. The van der Waals surface area contributed by atoms with Gasteiger partial charge in [0.1, 0.15) is 11.5 Å². The van der Waals surface area contributed by atoms with Gasteiger partial charge in [0, 0.05) is 9.75 Å². The van der Waals surface area contributed by atoms with E-state index in [-0.39, 0.29) is 22.0 Å². The Hall–Kier alpha value is -3.04. The second-order valence-electron chi connectivity index (χ2n) is 6.27. The van der Waals surface area contributed by atoms with Gasteiger partial charge in [-0.2, -0.15) is 0 Å². The average molecular weight is 433 g/mol. The zero-order chi connectivity index (χ0) is 21.2. The lowest BCUT2D eigenvalue weighted by Gasteiger charge is -2.13. The molecule has 152 valence electrons. The SMILES string of the molecule is COc1ccccc1NS(=O)(=O)c1ccc(O)c(NC(=O)c2cc(C)sc2C)c1. The van der Waals surface area contributed by atoms with Gasteiger partial charge >= 0.3 is 0 Å². The van der Waals surface area contributed by atoms with E-state index in [0.717, 1.165) is 9.75 Å². The van der Waals surface area contributed by atoms with Crippen molar-refractivity contribution in [2.45, 2.75) is 18.7 Å². The lowest BCUT2D eigenvalue weighted by Crippen LogP contribution is -2.15. The average Bonchev–Trinajstić information content (AvgIpc) is 3.01. The van der Waals surface area contributed by atoms with Gasteiger partial charge in [0.05, 0.1) is 28.9 Å². The van der Waals surface area contributed by atoms with Crippen molar-refractivity contribution in [3.8, 4) is 11.5 Å². The molecule has 9 heteroatoms. The molecule has 3 aromatic rings. The molecular formula is C20H20N2O5S2. The Morgan fingerprint density at radius 1 is 1.07 bits per heavy atom. The molecule has 2 aromatic carbocycles. The summed E-state index contributed by atoms with van der Waals surface area (Å²) in [5, 5.41) is 12.7. The third-order valence-electron chi connectivity index (χ3n) is 4.16. The van der Waals surface area contributed by atoms with Gasteiger partial charge < -0.3 is 15.2 Å². The fraction of sp³-hybridized carbons (Fsp3) is 0.150. The minimum atomic E-state index is -3.98. The van der Waals surface area contributed by atoms with Crippen molar-refractivity contribution in [3.05, 3.63) is 63.8 Å². The predicted molar refractivity (Wildman–Crippen MR) is 114 cm³/mol. The number of methoxy groups -OCH3 is 1. The van der Waals surface area contributed by atoms with Crippen LogP contribution in [0.15, 0.2) is 53.4 Å². The van der Waals surface area contributed by atoms with Crippen LogP contribution in [0.25, 0.3) is 0 Å². The predicted octanol–water partition coefficient (Wildman–Crippen LogP) is 4.13. The van der Waals surface area contributed by atoms with Gasteiger partial charge in [0.25, 0.3) is 15.9 Å². The topological polar surface area (TPSA) is 105 Å². The maximum Gasteiger partial charge on any atom is 0.262 e.